The van der Waals surface area contributed by atoms with Crippen molar-refractivity contribution in [1.82, 2.24) is 0 Å². The van der Waals surface area contributed by atoms with E-state index in [1.54, 1.807) is 0 Å². The summed E-state index contributed by atoms with van der Waals surface area (Å²) < 4.78 is 6.33. The van der Waals surface area contributed by atoms with Gasteiger partial charge in [-0.15, -0.1) is 5.10 Å². The normalized spacial score (nSPS) is 45.4. The zero-order valence-electron chi connectivity index (χ0n) is 18.5. The number of nitrogens with two attached hydrogens (primary N) is 2. The van der Waals surface area contributed by atoms with Gasteiger partial charge in [-0.1, -0.05) is 13.8 Å². The van der Waals surface area contributed by atoms with Crippen molar-refractivity contribution >= 4 is 23.9 Å². The molecule has 4 N–H and O–H groups in total. The van der Waals surface area contributed by atoms with Crippen LogP contribution >= 0.6 is 0 Å². The summed E-state index contributed by atoms with van der Waals surface area (Å²) in [6.45, 7) is 6.20. The van der Waals surface area contributed by atoms with Gasteiger partial charge in [0.2, 0.25) is 5.96 Å². The summed E-state index contributed by atoms with van der Waals surface area (Å²) in [6.07, 6.45) is 10.2. The third-order valence-electron chi connectivity index (χ3n) is 9.44. The second-order valence-corrected chi connectivity index (χ2v) is 10.6. The van der Waals surface area contributed by atoms with Crippen molar-refractivity contribution in [2.24, 2.45) is 56.2 Å². The van der Waals surface area contributed by atoms with Crippen LogP contribution < -0.4 is 11.5 Å². The molecule has 4 aliphatic rings. The van der Waals surface area contributed by atoms with Gasteiger partial charge >= 0.3 is 5.97 Å². The number of ether oxygens (including phenoxy) is 1. The van der Waals surface area contributed by atoms with E-state index >= 15 is 0 Å². The molecule has 30 heavy (non-hydrogen) atoms. The first-order valence-electron chi connectivity index (χ1n) is 11.5. The van der Waals surface area contributed by atoms with E-state index in [0.717, 1.165) is 51.4 Å². The molecule has 0 aliphatic heterocycles. The fourth-order valence-corrected chi connectivity index (χ4v) is 7.94. The molecule has 0 radical (unpaired) electrons. The molecule has 0 spiro atoms. The maximum atomic E-state index is 12.3. The molecule has 0 amide bonds. The van der Waals surface area contributed by atoms with Gasteiger partial charge in [0.15, 0.2) is 0 Å². The average molecular weight is 417 g/mol. The van der Waals surface area contributed by atoms with E-state index in [4.69, 9.17) is 16.2 Å². The lowest BCUT2D eigenvalue weighted by Crippen LogP contribution is -2.63. The summed E-state index contributed by atoms with van der Waals surface area (Å²) in [4.78, 5) is 24.5. The number of esters is 1. The van der Waals surface area contributed by atoms with Gasteiger partial charge in [-0.3, -0.25) is 9.59 Å². The number of Topliss-reactive ketones (excluding diaryl/α,β-unsaturated/α-hetero) is 1. The molecule has 4 aliphatic carbocycles. The summed E-state index contributed by atoms with van der Waals surface area (Å²) in [5, 5.41) is 7.92. The molecule has 7 nitrogen and oxygen atoms in total. The van der Waals surface area contributed by atoms with Crippen LogP contribution in [0.3, 0.4) is 0 Å². The smallest absolute Gasteiger partial charge is 0.303 e. The Morgan fingerprint density at radius 1 is 1.10 bits per heavy atom. The van der Waals surface area contributed by atoms with E-state index in [-0.39, 0.29) is 28.7 Å². The predicted octanol–water partition coefficient (Wildman–Crippen LogP) is 3.16. The first-order chi connectivity index (χ1) is 14.1. The number of guanidine groups is 1. The van der Waals surface area contributed by atoms with Crippen LogP contribution in [0.1, 0.15) is 78.6 Å². The molecule has 4 fully saturated rings. The van der Waals surface area contributed by atoms with Gasteiger partial charge in [0.25, 0.3) is 0 Å². The van der Waals surface area contributed by atoms with E-state index in [1.807, 2.05) is 6.21 Å². The van der Waals surface area contributed by atoms with Crippen LogP contribution in [-0.4, -0.2) is 29.5 Å². The van der Waals surface area contributed by atoms with Crippen molar-refractivity contribution in [3.05, 3.63) is 0 Å². The molecule has 0 aromatic rings. The molecule has 4 rings (SSSR count). The topological polar surface area (TPSA) is 120 Å². The highest BCUT2D eigenvalue weighted by atomic mass is 16.6. The molecule has 166 valence electrons. The van der Waals surface area contributed by atoms with Crippen LogP contribution in [-0.2, 0) is 14.3 Å². The predicted molar refractivity (Wildman–Crippen MR) is 116 cm³/mol. The van der Waals surface area contributed by atoms with E-state index in [9.17, 15) is 9.59 Å². The van der Waals surface area contributed by atoms with Gasteiger partial charge < -0.3 is 16.2 Å². The first-order valence-corrected chi connectivity index (χ1v) is 11.5. The second-order valence-electron chi connectivity index (χ2n) is 10.6. The summed E-state index contributed by atoms with van der Waals surface area (Å²) in [5.74, 6) is 1.63. The monoisotopic (exact) mass is 416 g/mol. The van der Waals surface area contributed by atoms with Crippen LogP contribution in [0.15, 0.2) is 10.2 Å². The van der Waals surface area contributed by atoms with Crippen molar-refractivity contribution < 1.29 is 14.3 Å². The summed E-state index contributed by atoms with van der Waals surface area (Å²) in [7, 11) is 0. The van der Waals surface area contributed by atoms with Gasteiger partial charge in [0.05, 0.1) is 0 Å². The molecule has 0 bridgehead atoms. The lowest BCUT2D eigenvalue weighted by atomic mass is 9.43. The maximum Gasteiger partial charge on any atom is 0.303 e. The molecule has 0 heterocycles. The summed E-state index contributed by atoms with van der Waals surface area (Å²) in [6, 6.07) is 0. The largest absolute Gasteiger partial charge is 0.458 e. The third-order valence-corrected chi connectivity index (χ3v) is 9.44. The Kier molecular flexibility index (Phi) is 5.22. The first kappa shape index (κ1) is 21.3. The van der Waals surface area contributed by atoms with E-state index in [0.29, 0.717) is 30.0 Å². The van der Waals surface area contributed by atoms with Gasteiger partial charge in [-0.2, -0.15) is 5.10 Å². The molecule has 0 aromatic carbocycles. The Labute approximate surface area is 179 Å². The maximum absolute atomic E-state index is 12.3. The van der Waals surface area contributed by atoms with Crippen molar-refractivity contribution in [1.29, 1.82) is 0 Å². The average Bonchev–Trinajstić information content (AvgIpc) is 2.94. The Bertz CT molecular complexity index is 791. The molecule has 7 atom stereocenters. The van der Waals surface area contributed by atoms with Crippen molar-refractivity contribution in [3.8, 4) is 0 Å². The number of nitrogens with zero attached hydrogens (tertiary/aromatic N) is 2. The molecule has 7 heteroatoms. The highest BCUT2D eigenvalue weighted by Crippen LogP contribution is 2.69. The minimum Gasteiger partial charge on any atom is -0.458 e. The van der Waals surface area contributed by atoms with E-state index in [2.05, 4.69) is 24.1 Å². The highest BCUT2D eigenvalue weighted by Gasteiger charge is 2.69. The van der Waals surface area contributed by atoms with Crippen LogP contribution in [0.4, 0.5) is 0 Å². The number of carbonyl (C=O) groups excluding carboxylic acids is 2. The molecule has 4 saturated carbocycles. The lowest BCUT2D eigenvalue weighted by Gasteiger charge is -2.63. The standard InChI is InChI=1S/C23H36N4O3/c1-14(28)30-23-11-6-16(13-26-27-20(24)25)22(23,3)10-8-18-19(23)5-4-15-12-17(29)7-9-21(15,18)2/h13,15-16,18-19H,4-12H2,1-3H3,(H4,24,25,27)/b26-13-/t15-,16-,18+,19-,21+,22-,23+/m1/s1. The lowest BCUT2D eigenvalue weighted by molar-refractivity contribution is -0.223. The summed E-state index contributed by atoms with van der Waals surface area (Å²) in [5.41, 5.74) is 10.4. The molecular formula is C23H36N4O3. The number of rotatable bonds is 3. The van der Waals surface area contributed by atoms with E-state index in [1.165, 1.54) is 6.92 Å². The third kappa shape index (κ3) is 3.07. The Balaban J connectivity index is 1.70. The molecule has 0 aromatic heterocycles. The van der Waals surface area contributed by atoms with Crippen LogP contribution in [0.2, 0.25) is 0 Å². The van der Waals surface area contributed by atoms with E-state index < -0.39 is 5.60 Å². The molecular weight excluding hydrogens is 380 g/mol. The quantitative estimate of drug-likeness (QED) is 0.317. The number of fused-ring (bicyclic) bond motifs is 5. The second kappa shape index (κ2) is 7.34. The zero-order valence-corrected chi connectivity index (χ0v) is 18.5. The zero-order chi connectivity index (χ0) is 21.7. The van der Waals surface area contributed by atoms with Gasteiger partial charge in [0.1, 0.15) is 11.4 Å². The Morgan fingerprint density at radius 3 is 2.57 bits per heavy atom. The molecule has 0 unspecified atom stereocenters. The summed E-state index contributed by atoms with van der Waals surface area (Å²) >= 11 is 0. The fourth-order valence-electron chi connectivity index (χ4n) is 7.94. The minimum absolute atomic E-state index is 0.0533. The van der Waals surface area contributed by atoms with Crippen molar-refractivity contribution in [2.75, 3.05) is 0 Å². The van der Waals surface area contributed by atoms with Gasteiger partial charge in [-0.25, -0.2) is 0 Å². The molecule has 0 saturated heterocycles. The number of hydrogen-bond acceptors (Lipinski definition) is 5. The van der Waals surface area contributed by atoms with Crippen molar-refractivity contribution in [3.63, 3.8) is 0 Å². The van der Waals surface area contributed by atoms with Crippen LogP contribution in [0.25, 0.3) is 0 Å². The van der Waals surface area contributed by atoms with Crippen molar-refractivity contribution in [2.45, 2.75) is 84.2 Å². The number of hydrogen-bond donors (Lipinski definition) is 2. The van der Waals surface area contributed by atoms with Crippen LogP contribution in [0.5, 0.6) is 0 Å². The van der Waals surface area contributed by atoms with Crippen LogP contribution in [0, 0.1) is 34.5 Å². The Morgan fingerprint density at radius 2 is 1.87 bits per heavy atom. The number of ketones is 1. The Hall–Kier alpha value is -1.92. The fraction of sp³-hybridized carbons (Fsp3) is 0.826. The minimum atomic E-state index is -0.480. The van der Waals surface area contributed by atoms with Gasteiger partial charge in [-0.05, 0) is 62.2 Å². The van der Waals surface area contributed by atoms with Gasteiger partial charge in [0, 0.05) is 43.2 Å². The highest BCUT2D eigenvalue weighted by molar-refractivity contribution is 5.79. The SMILES string of the molecule is CC(=O)O[C@]12CC[C@H](/C=N\N=C(N)N)[C@@]1(C)CC[C@H]1[C@H]2CC[C@@H]2CC(=O)CC[C@@]21C. The number of carbonyl (C=O) groups is 2.